The van der Waals surface area contributed by atoms with Gasteiger partial charge in [-0.1, -0.05) is 54.6 Å². The molecule has 9 heteroatoms. The second kappa shape index (κ2) is 11.2. The Labute approximate surface area is 228 Å². The van der Waals surface area contributed by atoms with E-state index in [1.165, 1.54) is 18.6 Å². The number of rotatable bonds is 10. The van der Waals surface area contributed by atoms with Crippen LogP contribution in [0.4, 0.5) is 5.69 Å². The number of amides is 1. The lowest BCUT2D eigenvalue weighted by Gasteiger charge is -2.07. The number of hydrogen-bond acceptors (Lipinski definition) is 5. The zero-order valence-electron chi connectivity index (χ0n) is 21.7. The molecule has 1 amide bonds. The highest BCUT2D eigenvalue weighted by Gasteiger charge is 2.18. The van der Waals surface area contributed by atoms with Gasteiger partial charge in [-0.15, -0.1) is 0 Å². The number of nitrogens with one attached hydrogen (secondary N) is 2. The fourth-order valence-corrected chi connectivity index (χ4v) is 5.47. The molecule has 2 aromatic heterocycles. The number of sulfone groups is 1. The van der Waals surface area contributed by atoms with Crippen LogP contribution in [-0.2, 0) is 29.2 Å². The van der Waals surface area contributed by atoms with Gasteiger partial charge >= 0.3 is 0 Å². The molecule has 0 radical (unpaired) electrons. The van der Waals surface area contributed by atoms with E-state index >= 15 is 0 Å². The van der Waals surface area contributed by atoms with Crippen molar-refractivity contribution in [3.8, 4) is 0 Å². The van der Waals surface area contributed by atoms with Crippen molar-refractivity contribution in [3.05, 3.63) is 117 Å². The number of unbranched alkanes of at least 4 members (excludes halogenated alkanes) is 1. The molecule has 0 saturated heterocycles. The van der Waals surface area contributed by atoms with E-state index in [2.05, 4.69) is 33.6 Å². The summed E-state index contributed by atoms with van der Waals surface area (Å²) in [5.41, 5.74) is 6.51. The van der Waals surface area contributed by atoms with Crippen molar-refractivity contribution in [2.45, 2.75) is 32.2 Å². The lowest BCUT2D eigenvalue weighted by molar-refractivity contribution is 0.102. The van der Waals surface area contributed by atoms with Crippen LogP contribution < -0.4 is 10.9 Å². The van der Waals surface area contributed by atoms with Crippen molar-refractivity contribution < 1.29 is 14.6 Å². The van der Waals surface area contributed by atoms with Gasteiger partial charge in [0.2, 0.25) is 0 Å². The molecular formula is C30H32N4O4S. The second-order valence-electron chi connectivity index (χ2n) is 9.96. The summed E-state index contributed by atoms with van der Waals surface area (Å²) in [5.74, 6) is -0.107. The molecule has 0 atom stereocenters. The van der Waals surface area contributed by atoms with Crippen LogP contribution in [-0.4, -0.2) is 41.1 Å². The van der Waals surface area contributed by atoms with Gasteiger partial charge in [0, 0.05) is 31.4 Å². The Hall–Kier alpha value is -4.24. The molecule has 0 unspecified atom stereocenters. The third-order valence-corrected chi connectivity index (χ3v) is 7.77. The zero-order chi connectivity index (χ0) is 27.4. The molecule has 202 valence electrons. The van der Waals surface area contributed by atoms with Crippen LogP contribution in [0, 0.1) is 0 Å². The van der Waals surface area contributed by atoms with Crippen LogP contribution in [0.3, 0.4) is 0 Å². The minimum atomic E-state index is -2.94. The highest BCUT2D eigenvalue weighted by Crippen LogP contribution is 2.32. The Balaban J connectivity index is 0.00000370. The van der Waals surface area contributed by atoms with Gasteiger partial charge in [-0.25, -0.2) is 8.42 Å². The van der Waals surface area contributed by atoms with Gasteiger partial charge in [0.1, 0.15) is 9.84 Å². The molecule has 0 bridgehead atoms. The van der Waals surface area contributed by atoms with E-state index in [1.54, 1.807) is 16.9 Å². The quantitative estimate of drug-likeness (QED) is 0.284. The first-order valence-corrected chi connectivity index (χ1v) is 14.9. The number of fused-ring (bicyclic) bond motifs is 1. The Morgan fingerprint density at radius 2 is 1.92 bits per heavy atom. The van der Waals surface area contributed by atoms with Crippen molar-refractivity contribution in [2.24, 2.45) is 0 Å². The Morgan fingerprint density at radius 3 is 2.72 bits per heavy atom. The van der Waals surface area contributed by atoms with Crippen molar-refractivity contribution in [3.63, 3.8) is 0 Å². The molecule has 1 aliphatic carbocycles. The van der Waals surface area contributed by atoms with Gasteiger partial charge in [-0.2, -0.15) is 5.10 Å². The number of nitrogens with zero attached hydrogens (tertiary/aromatic N) is 2. The Morgan fingerprint density at radius 1 is 1.10 bits per heavy atom. The molecule has 2 heterocycles. The molecule has 1 aliphatic rings. The summed E-state index contributed by atoms with van der Waals surface area (Å²) in [6.07, 6.45) is 10.9. The molecule has 0 fully saturated rings. The van der Waals surface area contributed by atoms with E-state index in [4.69, 9.17) is 0 Å². The number of carbonyl (C=O) groups is 1. The number of aromatic amines is 1. The van der Waals surface area contributed by atoms with Crippen LogP contribution in [0.1, 0.15) is 52.4 Å². The molecule has 0 aliphatic heterocycles. The van der Waals surface area contributed by atoms with E-state index < -0.39 is 9.84 Å². The maximum atomic E-state index is 12.9. The SMILES string of the molecule is CS(=O)(=O)CCCCc1ccc2c(c1)C=C(c1cc(NC(=O)c3cnn(Cc4ccccc4)c3)c[nH]c1=O)C2.[HH]. The number of benzene rings is 2. The van der Waals surface area contributed by atoms with Gasteiger partial charge in [0.25, 0.3) is 11.5 Å². The molecule has 39 heavy (non-hydrogen) atoms. The van der Waals surface area contributed by atoms with Crippen LogP contribution in [0.15, 0.2) is 78.0 Å². The summed E-state index contributed by atoms with van der Waals surface area (Å²) >= 11 is 0. The average molecular weight is 545 g/mol. The maximum absolute atomic E-state index is 12.9. The van der Waals surface area contributed by atoms with Gasteiger partial charge in [0.15, 0.2) is 0 Å². The smallest absolute Gasteiger partial charge is 0.258 e. The molecule has 0 spiro atoms. The third-order valence-electron chi connectivity index (χ3n) is 6.74. The van der Waals surface area contributed by atoms with E-state index in [0.29, 0.717) is 36.2 Å². The monoisotopic (exact) mass is 544 g/mol. The minimum Gasteiger partial charge on any atom is -0.326 e. The molecule has 2 N–H and O–H groups in total. The van der Waals surface area contributed by atoms with Gasteiger partial charge < -0.3 is 10.3 Å². The second-order valence-corrected chi connectivity index (χ2v) is 12.2. The largest absolute Gasteiger partial charge is 0.326 e. The highest BCUT2D eigenvalue weighted by atomic mass is 32.2. The van der Waals surface area contributed by atoms with Crippen molar-refractivity contribution in [2.75, 3.05) is 17.3 Å². The molecule has 5 rings (SSSR count). The third kappa shape index (κ3) is 6.80. The Bertz CT molecular complexity index is 1710. The molecule has 0 saturated carbocycles. The van der Waals surface area contributed by atoms with Crippen LogP contribution in [0.5, 0.6) is 0 Å². The lowest BCUT2D eigenvalue weighted by Crippen LogP contribution is -2.16. The molecule has 8 nitrogen and oxygen atoms in total. The summed E-state index contributed by atoms with van der Waals surface area (Å²) in [5, 5.41) is 7.16. The predicted octanol–water partition coefficient (Wildman–Crippen LogP) is 4.58. The minimum absolute atomic E-state index is 0. The molecule has 4 aromatic rings. The van der Waals surface area contributed by atoms with E-state index in [1.807, 2.05) is 36.4 Å². The van der Waals surface area contributed by atoms with Crippen molar-refractivity contribution in [1.82, 2.24) is 14.8 Å². The van der Waals surface area contributed by atoms with Crippen LogP contribution in [0.25, 0.3) is 11.6 Å². The summed E-state index contributed by atoms with van der Waals surface area (Å²) in [6.45, 7) is 0.563. The summed E-state index contributed by atoms with van der Waals surface area (Å²) in [4.78, 5) is 28.3. The average Bonchev–Trinajstić information content (AvgIpc) is 3.55. The summed E-state index contributed by atoms with van der Waals surface area (Å²) < 4.78 is 24.4. The van der Waals surface area contributed by atoms with E-state index in [0.717, 1.165) is 40.7 Å². The first kappa shape index (κ1) is 26.4. The fraction of sp³-hybridized carbons (Fsp3) is 0.233. The normalized spacial score (nSPS) is 12.7. The molecular weight excluding hydrogens is 512 g/mol. The zero-order valence-corrected chi connectivity index (χ0v) is 22.5. The first-order valence-electron chi connectivity index (χ1n) is 12.8. The number of pyridine rings is 1. The standard InChI is InChI=1S/C30H30N4O4S.H2/c1-39(37,38)12-6-5-7-21-10-11-23-14-25(15-24(23)13-21)28-16-27(18-31-30(28)36)33-29(35)26-17-32-34(20-26)19-22-8-3-2-4-9-22;/h2-4,8-11,13,15-18,20H,5-7,12,14,19H2,1H3,(H,31,36)(H,33,35);1H. The van der Waals surface area contributed by atoms with Crippen LogP contribution >= 0.6 is 0 Å². The van der Waals surface area contributed by atoms with Gasteiger partial charge in [-0.05, 0) is 59.6 Å². The number of hydrogen-bond donors (Lipinski definition) is 2. The maximum Gasteiger partial charge on any atom is 0.258 e. The topological polar surface area (TPSA) is 114 Å². The van der Waals surface area contributed by atoms with Crippen molar-refractivity contribution >= 4 is 33.1 Å². The fourth-order valence-electron chi connectivity index (χ4n) is 4.74. The number of aromatic nitrogens is 3. The predicted molar refractivity (Wildman–Crippen MR) is 156 cm³/mol. The Kier molecular flexibility index (Phi) is 7.60. The van der Waals surface area contributed by atoms with E-state index in [9.17, 15) is 18.0 Å². The summed E-state index contributed by atoms with van der Waals surface area (Å²) in [6, 6.07) is 17.8. The van der Waals surface area contributed by atoms with Crippen LogP contribution in [0.2, 0.25) is 0 Å². The lowest BCUT2D eigenvalue weighted by atomic mass is 10.0. The van der Waals surface area contributed by atoms with E-state index in [-0.39, 0.29) is 18.6 Å². The number of anilines is 1. The number of H-pyrrole nitrogens is 1. The summed E-state index contributed by atoms with van der Waals surface area (Å²) in [7, 11) is -2.94. The van der Waals surface area contributed by atoms with Gasteiger partial charge in [-0.3, -0.25) is 14.3 Å². The number of allylic oxidation sites excluding steroid dienone is 1. The van der Waals surface area contributed by atoms with Crippen molar-refractivity contribution in [1.29, 1.82) is 0 Å². The van der Waals surface area contributed by atoms with Gasteiger partial charge in [0.05, 0.1) is 24.0 Å². The number of aryl methyl sites for hydroxylation is 1. The highest BCUT2D eigenvalue weighted by molar-refractivity contribution is 7.90. The molecule has 2 aromatic carbocycles. The number of carbonyl (C=O) groups excluding carboxylic acids is 1. The first-order chi connectivity index (χ1) is 18.7.